The summed E-state index contributed by atoms with van der Waals surface area (Å²) in [5, 5.41) is 0. The Bertz CT molecular complexity index is 469. The first kappa shape index (κ1) is 16.0. The van der Waals surface area contributed by atoms with Gasteiger partial charge >= 0.3 is 0 Å². The van der Waals surface area contributed by atoms with Crippen molar-refractivity contribution in [1.82, 2.24) is 9.80 Å². The Hall–Kier alpha value is -0.390. The van der Waals surface area contributed by atoms with Gasteiger partial charge in [-0.1, -0.05) is 45.7 Å². The van der Waals surface area contributed by atoms with Crippen molar-refractivity contribution in [1.29, 1.82) is 0 Å². The summed E-state index contributed by atoms with van der Waals surface area (Å²) in [7, 11) is 0. The number of likely N-dealkylation sites (N-methyl/N-ethyl adjacent to an activating group) is 1. The predicted octanol–water partition coefficient (Wildman–Crippen LogP) is 3.77. The van der Waals surface area contributed by atoms with Gasteiger partial charge in [0.2, 0.25) is 0 Å². The lowest BCUT2D eigenvalue weighted by atomic mass is 10.2. The molecule has 1 aromatic rings. The first-order valence-electron chi connectivity index (χ1n) is 7.04. The molecule has 110 valence electrons. The highest BCUT2D eigenvalue weighted by Gasteiger charge is 2.29. The summed E-state index contributed by atoms with van der Waals surface area (Å²) in [6.45, 7) is 8.14. The van der Waals surface area contributed by atoms with Gasteiger partial charge in [-0.05, 0) is 37.7 Å². The quantitative estimate of drug-likeness (QED) is 0.763. The largest absolute Gasteiger partial charge is 0.337 e. The molecule has 1 heterocycles. The van der Waals surface area contributed by atoms with Gasteiger partial charge in [0.25, 0.3) is 5.91 Å². The molecule has 5 heteroatoms. The van der Waals surface area contributed by atoms with Crippen LogP contribution in [0.2, 0.25) is 0 Å². The number of benzene rings is 1. The molecular formula is C15H20Br2N2O. The zero-order valence-corrected chi connectivity index (χ0v) is 15.1. The molecule has 1 amide bonds. The molecule has 1 atom stereocenters. The average Bonchev–Trinajstić information content (AvgIpc) is 2.88. The molecule has 1 unspecified atom stereocenters. The second kappa shape index (κ2) is 7.05. The summed E-state index contributed by atoms with van der Waals surface area (Å²) in [5.74, 6) is 0.127. The highest BCUT2D eigenvalue weighted by Crippen LogP contribution is 2.23. The smallest absolute Gasteiger partial charge is 0.253 e. The number of likely N-dealkylation sites (tertiary alicyclic amines) is 1. The van der Waals surface area contributed by atoms with Crippen molar-refractivity contribution >= 4 is 37.8 Å². The molecule has 0 aliphatic carbocycles. The van der Waals surface area contributed by atoms with Crippen LogP contribution < -0.4 is 0 Å². The fraction of sp³-hybridized carbons (Fsp3) is 0.533. The van der Waals surface area contributed by atoms with Crippen molar-refractivity contribution in [3.8, 4) is 0 Å². The van der Waals surface area contributed by atoms with Gasteiger partial charge in [-0.15, -0.1) is 0 Å². The molecule has 0 aromatic heterocycles. The van der Waals surface area contributed by atoms with E-state index in [1.54, 1.807) is 0 Å². The van der Waals surface area contributed by atoms with Gasteiger partial charge in [0.05, 0.1) is 0 Å². The van der Waals surface area contributed by atoms with Crippen molar-refractivity contribution in [3.63, 3.8) is 0 Å². The maximum atomic E-state index is 12.6. The number of hydrogen-bond donors (Lipinski definition) is 0. The average molecular weight is 404 g/mol. The maximum absolute atomic E-state index is 12.6. The fourth-order valence-electron chi connectivity index (χ4n) is 2.82. The fourth-order valence-corrected chi connectivity index (χ4v) is 4.12. The molecule has 1 aromatic carbocycles. The normalized spacial score (nSPS) is 18.9. The number of carbonyl (C=O) groups is 1. The zero-order valence-electron chi connectivity index (χ0n) is 11.9. The summed E-state index contributed by atoms with van der Waals surface area (Å²) in [5.41, 5.74) is 0.742. The number of halogens is 2. The minimum absolute atomic E-state index is 0.127. The number of carbonyl (C=O) groups excluding carboxylic acids is 1. The van der Waals surface area contributed by atoms with E-state index in [2.05, 4.69) is 50.6 Å². The van der Waals surface area contributed by atoms with Crippen LogP contribution in [-0.4, -0.2) is 47.9 Å². The maximum Gasteiger partial charge on any atom is 0.253 e. The second-order valence-corrected chi connectivity index (χ2v) is 6.90. The molecule has 0 bridgehead atoms. The van der Waals surface area contributed by atoms with E-state index in [9.17, 15) is 4.79 Å². The van der Waals surface area contributed by atoms with Crippen molar-refractivity contribution in [2.45, 2.75) is 26.3 Å². The van der Waals surface area contributed by atoms with E-state index in [-0.39, 0.29) is 5.91 Å². The minimum atomic E-state index is 0.127. The van der Waals surface area contributed by atoms with Crippen LogP contribution in [0.1, 0.15) is 30.6 Å². The number of rotatable bonds is 4. The molecule has 2 rings (SSSR count). The van der Waals surface area contributed by atoms with Crippen molar-refractivity contribution in [2.75, 3.05) is 26.2 Å². The Morgan fingerprint density at radius 1 is 1.25 bits per heavy atom. The van der Waals surface area contributed by atoms with Crippen LogP contribution in [-0.2, 0) is 0 Å². The van der Waals surface area contributed by atoms with E-state index in [1.165, 1.54) is 0 Å². The third kappa shape index (κ3) is 3.62. The Kier molecular flexibility index (Phi) is 5.64. The third-order valence-corrected chi connectivity index (χ3v) is 4.80. The van der Waals surface area contributed by atoms with Gasteiger partial charge < -0.3 is 4.90 Å². The van der Waals surface area contributed by atoms with Crippen LogP contribution in [0.4, 0.5) is 0 Å². The monoisotopic (exact) mass is 402 g/mol. The Morgan fingerprint density at radius 2 is 1.85 bits per heavy atom. The van der Waals surface area contributed by atoms with Crippen molar-refractivity contribution in [3.05, 3.63) is 32.7 Å². The SMILES string of the molecule is CCN(CC)C1CCN(C(=O)c2cc(Br)cc(Br)c2)C1. The van der Waals surface area contributed by atoms with E-state index in [0.717, 1.165) is 47.1 Å². The summed E-state index contributed by atoms with van der Waals surface area (Å²) < 4.78 is 1.85. The van der Waals surface area contributed by atoms with E-state index >= 15 is 0 Å². The molecule has 1 fully saturated rings. The topological polar surface area (TPSA) is 23.6 Å². The van der Waals surface area contributed by atoms with E-state index in [0.29, 0.717) is 6.04 Å². The molecular weight excluding hydrogens is 384 g/mol. The van der Waals surface area contributed by atoms with Crippen LogP contribution in [0, 0.1) is 0 Å². The molecule has 1 aliphatic heterocycles. The van der Waals surface area contributed by atoms with Crippen LogP contribution in [0.25, 0.3) is 0 Å². The summed E-state index contributed by atoms with van der Waals surface area (Å²) in [6, 6.07) is 6.22. The number of amides is 1. The second-order valence-electron chi connectivity index (χ2n) is 5.07. The summed E-state index contributed by atoms with van der Waals surface area (Å²) in [6.07, 6.45) is 1.07. The molecule has 1 saturated heterocycles. The Balaban J connectivity index is 2.07. The Labute approximate surface area is 137 Å². The summed E-state index contributed by atoms with van der Waals surface area (Å²) >= 11 is 6.88. The van der Waals surface area contributed by atoms with Gasteiger partial charge in [-0.3, -0.25) is 9.69 Å². The zero-order chi connectivity index (χ0) is 14.7. The molecule has 0 radical (unpaired) electrons. The standard InChI is InChI=1S/C15H20Br2N2O/c1-3-18(4-2)14-5-6-19(10-14)15(20)11-7-12(16)9-13(17)8-11/h7-9,14H,3-6,10H2,1-2H3. The van der Waals surface area contributed by atoms with E-state index in [4.69, 9.17) is 0 Å². The van der Waals surface area contributed by atoms with Crippen molar-refractivity contribution < 1.29 is 4.79 Å². The van der Waals surface area contributed by atoms with Gasteiger partial charge in [-0.25, -0.2) is 0 Å². The highest BCUT2D eigenvalue weighted by molar-refractivity contribution is 9.11. The molecule has 0 N–H and O–H groups in total. The molecule has 20 heavy (non-hydrogen) atoms. The van der Waals surface area contributed by atoms with E-state index < -0.39 is 0 Å². The third-order valence-electron chi connectivity index (χ3n) is 3.89. The first-order valence-corrected chi connectivity index (χ1v) is 8.63. The lowest BCUT2D eigenvalue weighted by Gasteiger charge is -2.26. The lowest BCUT2D eigenvalue weighted by molar-refractivity contribution is 0.0778. The summed E-state index contributed by atoms with van der Waals surface area (Å²) in [4.78, 5) is 17.0. The Morgan fingerprint density at radius 3 is 2.40 bits per heavy atom. The van der Waals surface area contributed by atoms with Crippen LogP contribution in [0.3, 0.4) is 0 Å². The first-order chi connectivity index (χ1) is 9.55. The highest BCUT2D eigenvalue weighted by atomic mass is 79.9. The molecule has 3 nitrogen and oxygen atoms in total. The van der Waals surface area contributed by atoms with E-state index in [1.807, 2.05) is 23.1 Å². The van der Waals surface area contributed by atoms with Gasteiger partial charge in [0.15, 0.2) is 0 Å². The van der Waals surface area contributed by atoms with Crippen molar-refractivity contribution in [2.24, 2.45) is 0 Å². The van der Waals surface area contributed by atoms with Crippen LogP contribution in [0.5, 0.6) is 0 Å². The van der Waals surface area contributed by atoms with Gasteiger partial charge in [0, 0.05) is 33.6 Å². The molecule has 0 saturated carbocycles. The van der Waals surface area contributed by atoms with Crippen LogP contribution >= 0.6 is 31.9 Å². The molecule has 0 spiro atoms. The number of hydrogen-bond acceptors (Lipinski definition) is 2. The molecule has 1 aliphatic rings. The van der Waals surface area contributed by atoms with Gasteiger partial charge in [0.1, 0.15) is 0 Å². The number of nitrogens with zero attached hydrogens (tertiary/aromatic N) is 2. The lowest BCUT2D eigenvalue weighted by Crippen LogP contribution is -2.38. The minimum Gasteiger partial charge on any atom is -0.337 e. The van der Waals surface area contributed by atoms with Crippen LogP contribution in [0.15, 0.2) is 27.1 Å². The predicted molar refractivity (Wildman–Crippen MR) is 89.1 cm³/mol. The van der Waals surface area contributed by atoms with Gasteiger partial charge in [-0.2, -0.15) is 0 Å².